The molecule has 0 spiro atoms. The van der Waals surface area contributed by atoms with E-state index in [4.69, 9.17) is 4.74 Å². The first-order valence-corrected chi connectivity index (χ1v) is 9.19. The van der Waals surface area contributed by atoms with Gasteiger partial charge in [-0.25, -0.2) is 0 Å². The van der Waals surface area contributed by atoms with Gasteiger partial charge < -0.3 is 14.4 Å². The Morgan fingerprint density at radius 2 is 1.85 bits per heavy atom. The van der Waals surface area contributed by atoms with Gasteiger partial charge in [0.05, 0.1) is 4.92 Å². The van der Waals surface area contributed by atoms with Crippen LogP contribution in [0.25, 0.3) is 0 Å². The molecule has 0 bridgehead atoms. The molecule has 3 rings (SSSR count). The second-order valence-electron chi connectivity index (χ2n) is 6.75. The number of ether oxygens (including phenoxy) is 1. The van der Waals surface area contributed by atoms with Crippen molar-refractivity contribution in [3.8, 4) is 11.6 Å². The zero-order chi connectivity index (χ0) is 19.2. The number of aryl methyl sites for hydroxylation is 1. The van der Waals surface area contributed by atoms with Crippen molar-refractivity contribution in [1.29, 1.82) is 0 Å². The number of Topliss-reactive ketones (excluding diaryl/α,β-unsaturated/α-hetero) is 1. The van der Waals surface area contributed by atoms with Gasteiger partial charge in [0.25, 0.3) is 0 Å². The standard InChI is InChI=1S/C20H23N3O4/c1-15(24)5-6-16-7-9-17(10-8-16)27-19-12-11-18(23(25)26)20(21-19)22-13-3-2-4-14-22/h7-12H,2-6,13-14H2,1H3. The van der Waals surface area contributed by atoms with Crippen LogP contribution in [0.15, 0.2) is 36.4 Å². The van der Waals surface area contributed by atoms with Crippen LogP contribution in [-0.2, 0) is 11.2 Å². The quantitative estimate of drug-likeness (QED) is 0.534. The van der Waals surface area contributed by atoms with Crippen molar-refractivity contribution in [2.45, 2.75) is 39.0 Å². The van der Waals surface area contributed by atoms with Gasteiger partial charge in [0.2, 0.25) is 11.7 Å². The molecule has 0 saturated carbocycles. The molecule has 1 aliphatic heterocycles. The summed E-state index contributed by atoms with van der Waals surface area (Å²) in [4.78, 5) is 28.4. The SMILES string of the molecule is CC(=O)CCc1ccc(Oc2ccc([N+](=O)[O-])c(N3CCCCC3)n2)cc1. The van der Waals surface area contributed by atoms with Gasteiger partial charge >= 0.3 is 5.69 Å². The first-order chi connectivity index (χ1) is 13.0. The second kappa shape index (κ2) is 8.62. The third-order valence-corrected chi connectivity index (χ3v) is 4.59. The highest BCUT2D eigenvalue weighted by molar-refractivity contribution is 5.75. The Kier molecular flexibility index (Phi) is 6.01. The normalized spacial score (nSPS) is 14.0. The Morgan fingerprint density at radius 3 is 2.48 bits per heavy atom. The minimum Gasteiger partial charge on any atom is -0.439 e. The topological polar surface area (TPSA) is 85.6 Å². The van der Waals surface area contributed by atoms with Gasteiger partial charge in [-0.05, 0) is 50.3 Å². The molecule has 1 fully saturated rings. The minimum atomic E-state index is -0.398. The average Bonchev–Trinajstić information content (AvgIpc) is 2.68. The Morgan fingerprint density at radius 1 is 1.15 bits per heavy atom. The number of carbonyl (C=O) groups excluding carboxylic acids is 1. The van der Waals surface area contributed by atoms with E-state index < -0.39 is 4.92 Å². The van der Waals surface area contributed by atoms with Gasteiger partial charge in [-0.1, -0.05) is 12.1 Å². The number of aromatic nitrogens is 1. The molecule has 0 aliphatic carbocycles. The zero-order valence-electron chi connectivity index (χ0n) is 15.4. The van der Waals surface area contributed by atoms with Crippen LogP contribution in [0, 0.1) is 10.1 Å². The fourth-order valence-electron chi connectivity index (χ4n) is 3.13. The van der Waals surface area contributed by atoms with E-state index in [0.717, 1.165) is 37.9 Å². The van der Waals surface area contributed by atoms with Gasteiger partial charge in [0.15, 0.2) is 0 Å². The van der Waals surface area contributed by atoms with Crippen LogP contribution in [0.5, 0.6) is 11.6 Å². The number of nitro groups is 1. The predicted molar refractivity (Wildman–Crippen MR) is 102 cm³/mol. The number of carbonyl (C=O) groups is 1. The highest BCUT2D eigenvalue weighted by Crippen LogP contribution is 2.32. The summed E-state index contributed by atoms with van der Waals surface area (Å²) in [5.41, 5.74) is 1.06. The molecule has 0 atom stereocenters. The molecule has 2 aromatic rings. The van der Waals surface area contributed by atoms with E-state index >= 15 is 0 Å². The summed E-state index contributed by atoms with van der Waals surface area (Å²) in [5.74, 6) is 1.47. The maximum Gasteiger partial charge on any atom is 0.311 e. The molecule has 142 valence electrons. The van der Waals surface area contributed by atoms with Crippen LogP contribution in [0.1, 0.15) is 38.2 Å². The van der Waals surface area contributed by atoms with E-state index in [9.17, 15) is 14.9 Å². The number of rotatable bonds is 7. The first kappa shape index (κ1) is 18.8. The molecule has 2 heterocycles. The third kappa shape index (κ3) is 5.03. The summed E-state index contributed by atoms with van der Waals surface area (Å²) in [6.45, 7) is 3.11. The number of nitrogens with zero attached hydrogens (tertiary/aromatic N) is 3. The number of hydrogen-bond donors (Lipinski definition) is 0. The van der Waals surface area contributed by atoms with Crippen LogP contribution < -0.4 is 9.64 Å². The van der Waals surface area contributed by atoms with Crippen molar-refractivity contribution in [2.24, 2.45) is 0 Å². The molecule has 7 heteroatoms. The average molecular weight is 369 g/mol. The Labute approximate surface area is 158 Å². The van der Waals surface area contributed by atoms with Crippen molar-refractivity contribution in [2.75, 3.05) is 18.0 Å². The smallest absolute Gasteiger partial charge is 0.311 e. The van der Waals surface area contributed by atoms with E-state index in [1.165, 1.54) is 12.1 Å². The maximum atomic E-state index is 11.4. The Bertz CT molecular complexity index is 814. The van der Waals surface area contributed by atoms with Gasteiger partial charge in [0.1, 0.15) is 11.5 Å². The van der Waals surface area contributed by atoms with Crippen molar-refractivity contribution in [1.82, 2.24) is 4.98 Å². The highest BCUT2D eigenvalue weighted by Gasteiger charge is 2.23. The molecule has 1 aromatic heterocycles. The number of anilines is 1. The molecule has 0 N–H and O–H groups in total. The minimum absolute atomic E-state index is 0.00355. The molecule has 7 nitrogen and oxygen atoms in total. The Hall–Kier alpha value is -2.96. The van der Waals surface area contributed by atoms with E-state index in [1.807, 2.05) is 29.2 Å². The van der Waals surface area contributed by atoms with Crippen molar-refractivity contribution < 1.29 is 14.5 Å². The fourth-order valence-corrected chi connectivity index (χ4v) is 3.13. The molecular formula is C20H23N3O4. The number of ketones is 1. The van der Waals surface area contributed by atoms with Crippen molar-refractivity contribution in [3.63, 3.8) is 0 Å². The van der Waals surface area contributed by atoms with Crippen molar-refractivity contribution >= 4 is 17.3 Å². The Balaban J connectivity index is 1.76. The summed E-state index contributed by atoms with van der Waals surface area (Å²) < 4.78 is 5.80. The first-order valence-electron chi connectivity index (χ1n) is 9.19. The maximum absolute atomic E-state index is 11.4. The predicted octanol–water partition coefficient (Wildman–Crippen LogP) is 4.29. The highest BCUT2D eigenvalue weighted by atomic mass is 16.6. The molecule has 1 aromatic carbocycles. The zero-order valence-corrected chi connectivity index (χ0v) is 15.4. The third-order valence-electron chi connectivity index (χ3n) is 4.59. The lowest BCUT2D eigenvalue weighted by Gasteiger charge is -2.27. The number of piperidine rings is 1. The van der Waals surface area contributed by atoms with Crippen LogP contribution >= 0.6 is 0 Å². The molecule has 27 heavy (non-hydrogen) atoms. The lowest BCUT2D eigenvalue weighted by molar-refractivity contribution is -0.384. The molecular weight excluding hydrogens is 346 g/mol. The van der Waals surface area contributed by atoms with Crippen LogP contribution in [0.2, 0.25) is 0 Å². The lowest BCUT2D eigenvalue weighted by Crippen LogP contribution is -2.30. The van der Waals surface area contributed by atoms with E-state index in [2.05, 4.69) is 4.98 Å². The van der Waals surface area contributed by atoms with Gasteiger partial charge in [-0.2, -0.15) is 4.98 Å². The molecule has 0 amide bonds. The molecule has 1 saturated heterocycles. The summed E-state index contributed by atoms with van der Waals surface area (Å²) >= 11 is 0. The van der Waals surface area contributed by atoms with Crippen LogP contribution in [0.3, 0.4) is 0 Å². The number of pyridine rings is 1. The van der Waals surface area contributed by atoms with Gasteiger partial charge in [-0.3, -0.25) is 10.1 Å². The van der Waals surface area contributed by atoms with Gasteiger partial charge in [-0.15, -0.1) is 0 Å². The number of hydrogen-bond acceptors (Lipinski definition) is 6. The van der Waals surface area contributed by atoms with E-state index in [1.54, 1.807) is 6.92 Å². The summed E-state index contributed by atoms with van der Waals surface area (Å²) in [5, 5.41) is 11.4. The summed E-state index contributed by atoms with van der Waals surface area (Å²) in [6.07, 6.45) is 4.36. The second-order valence-corrected chi connectivity index (χ2v) is 6.75. The molecule has 1 aliphatic rings. The molecule has 0 radical (unpaired) electrons. The largest absolute Gasteiger partial charge is 0.439 e. The van der Waals surface area contributed by atoms with E-state index in [0.29, 0.717) is 30.3 Å². The summed E-state index contributed by atoms with van der Waals surface area (Å²) in [6, 6.07) is 10.4. The monoisotopic (exact) mass is 369 g/mol. The summed E-state index contributed by atoms with van der Waals surface area (Å²) in [7, 11) is 0. The number of benzene rings is 1. The van der Waals surface area contributed by atoms with Crippen LogP contribution in [0.4, 0.5) is 11.5 Å². The van der Waals surface area contributed by atoms with Crippen LogP contribution in [-0.4, -0.2) is 28.8 Å². The lowest BCUT2D eigenvalue weighted by atomic mass is 10.1. The van der Waals surface area contributed by atoms with Gasteiger partial charge in [0, 0.05) is 31.6 Å². The molecule has 0 unspecified atom stereocenters. The fraction of sp³-hybridized carbons (Fsp3) is 0.400. The van der Waals surface area contributed by atoms with E-state index in [-0.39, 0.29) is 11.5 Å². The van der Waals surface area contributed by atoms with Crippen molar-refractivity contribution in [3.05, 3.63) is 52.1 Å².